The molecule has 0 radical (unpaired) electrons. The second-order valence-corrected chi connectivity index (χ2v) is 7.92. The smallest absolute Gasteiger partial charge is 0.273 e. The highest BCUT2D eigenvalue weighted by Crippen LogP contribution is 2.34. The van der Waals surface area contributed by atoms with Crippen molar-refractivity contribution in [3.05, 3.63) is 53.5 Å². The Morgan fingerprint density at radius 3 is 2.32 bits per heavy atom. The number of ether oxygens (including phenoxy) is 3. The molecule has 1 aliphatic heterocycles. The maximum absolute atomic E-state index is 13.0. The molecular weight excluding hydrogens is 414 g/mol. The first kappa shape index (κ1) is 21.0. The summed E-state index contributed by atoms with van der Waals surface area (Å²) in [6.45, 7) is 2.78. The quantitative estimate of drug-likeness (QED) is 0.582. The predicted molar refractivity (Wildman–Crippen MR) is 122 cm³/mol. The number of para-hydroxylation sites is 2. The number of amides is 1. The Labute approximate surface area is 185 Å². The molecule has 0 N–H and O–H groups in total. The lowest BCUT2D eigenvalue weighted by Gasteiger charge is -2.36. The molecule has 31 heavy (non-hydrogen) atoms. The number of piperazine rings is 1. The minimum Gasteiger partial charge on any atom is -0.495 e. The van der Waals surface area contributed by atoms with Crippen LogP contribution in [-0.2, 0) is 0 Å². The van der Waals surface area contributed by atoms with Gasteiger partial charge < -0.3 is 24.0 Å². The standard InChI is InChI=1S/C23H25N3O4S/c1-28-19-7-5-4-6-18(19)25-10-12-26(13-11-25)23(27)17-15-31-22(24-17)16-8-9-20(29-2)21(14-16)30-3/h4-9,14-15H,10-13H2,1-3H3. The molecular formula is C23H25N3O4S. The Hall–Kier alpha value is -3.26. The summed E-state index contributed by atoms with van der Waals surface area (Å²) < 4.78 is 16.1. The van der Waals surface area contributed by atoms with Gasteiger partial charge in [-0.15, -0.1) is 11.3 Å². The van der Waals surface area contributed by atoms with E-state index in [9.17, 15) is 4.79 Å². The summed E-state index contributed by atoms with van der Waals surface area (Å²) in [5.41, 5.74) is 2.42. The third-order valence-electron chi connectivity index (χ3n) is 5.35. The molecule has 0 aliphatic carbocycles. The van der Waals surface area contributed by atoms with E-state index in [2.05, 4.69) is 9.88 Å². The summed E-state index contributed by atoms with van der Waals surface area (Å²) in [6.07, 6.45) is 0. The molecule has 1 aliphatic rings. The number of rotatable bonds is 6. The van der Waals surface area contributed by atoms with E-state index in [0.717, 1.165) is 35.1 Å². The van der Waals surface area contributed by atoms with Crippen molar-refractivity contribution in [2.45, 2.75) is 0 Å². The van der Waals surface area contributed by atoms with E-state index >= 15 is 0 Å². The van der Waals surface area contributed by atoms with E-state index in [0.29, 0.717) is 30.3 Å². The predicted octanol–water partition coefficient (Wildman–Crippen LogP) is 3.80. The number of methoxy groups -OCH3 is 3. The summed E-state index contributed by atoms with van der Waals surface area (Å²) in [5.74, 6) is 2.10. The Morgan fingerprint density at radius 2 is 1.61 bits per heavy atom. The van der Waals surface area contributed by atoms with E-state index in [4.69, 9.17) is 14.2 Å². The SMILES string of the molecule is COc1ccc(-c2nc(C(=O)N3CCN(c4ccccc4OC)CC3)cs2)cc1OC. The minimum atomic E-state index is -0.0392. The van der Waals surface area contributed by atoms with Gasteiger partial charge in [-0.05, 0) is 30.3 Å². The maximum Gasteiger partial charge on any atom is 0.273 e. The molecule has 1 saturated heterocycles. The first-order valence-corrected chi connectivity index (χ1v) is 10.9. The number of benzene rings is 2. The lowest BCUT2D eigenvalue weighted by Crippen LogP contribution is -2.49. The van der Waals surface area contributed by atoms with Crippen LogP contribution in [0.5, 0.6) is 17.2 Å². The largest absolute Gasteiger partial charge is 0.495 e. The molecule has 4 rings (SSSR count). The van der Waals surface area contributed by atoms with Gasteiger partial charge >= 0.3 is 0 Å². The van der Waals surface area contributed by atoms with E-state index in [-0.39, 0.29) is 5.91 Å². The van der Waals surface area contributed by atoms with Crippen molar-refractivity contribution in [2.75, 3.05) is 52.4 Å². The number of nitrogens with zero attached hydrogens (tertiary/aromatic N) is 3. The molecule has 162 valence electrons. The maximum atomic E-state index is 13.0. The van der Waals surface area contributed by atoms with Crippen LogP contribution in [0, 0.1) is 0 Å². The lowest BCUT2D eigenvalue weighted by atomic mass is 10.2. The number of aromatic nitrogens is 1. The molecule has 0 bridgehead atoms. The Bertz CT molecular complexity index is 1060. The van der Waals surface area contributed by atoms with Crippen LogP contribution in [0.15, 0.2) is 47.8 Å². The molecule has 1 fully saturated rings. The van der Waals surface area contributed by atoms with E-state index < -0.39 is 0 Å². The van der Waals surface area contributed by atoms with Gasteiger partial charge in [0.2, 0.25) is 0 Å². The van der Waals surface area contributed by atoms with E-state index in [1.54, 1.807) is 21.3 Å². The first-order valence-electron chi connectivity index (χ1n) is 9.99. The van der Waals surface area contributed by atoms with Crippen molar-refractivity contribution < 1.29 is 19.0 Å². The molecule has 1 aromatic heterocycles. The summed E-state index contributed by atoms with van der Waals surface area (Å²) in [6, 6.07) is 13.6. The molecule has 0 atom stereocenters. The number of thiazole rings is 1. The Kier molecular flexibility index (Phi) is 6.27. The summed E-state index contributed by atoms with van der Waals surface area (Å²) in [4.78, 5) is 21.7. The Morgan fingerprint density at radius 1 is 0.903 bits per heavy atom. The molecule has 7 nitrogen and oxygen atoms in total. The van der Waals surface area contributed by atoms with Gasteiger partial charge in [0.05, 0.1) is 27.0 Å². The van der Waals surface area contributed by atoms with Gasteiger partial charge in [0.1, 0.15) is 16.5 Å². The van der Waals surface area contributed by atoms with Gasteiger partial charge in [-0.25, -0.2) is 4.98 Å². The fraction of sp³-hybridized carbons (Fsp3) is 0.304. The molecule has 8 heteroatoms. The van der Waals surface area contributed by atoms with E-state index in [1.165, 1.54) is 11.3 Å². The van der Waals surface area contributed by atoms with Gasteiger partial charge in [-0.1, -0.05) is 12.1 Å². The van der Waals surface area contributed by atoms with Crippen LogP contribution in [0.1, 0.15) is 10.5 Å². The fourth-order valence-corrected chi connectivity index (χ4v) is 4.47. The highest BCUT2D eigenvalue weighted by atomic mass is 32.1. The summed E-state index contributed by atoms with van der Waals surface area (Å²) in [5, 5.41) is 2.60. The zero-order chi connectivity index (χ0) is 21.8. The number of hydrogen-bond acceptors (Lipinski definition) is 7. The van der Waals surface area contributed by atoms with Gasteiger partial charge in [-0.3, -0.25) is 4.79 Å². The lowest BCUT2D eigenvalue weighted by molar-refractivity contribution is 0.0741. The number of hydrogen-bond donors (Lipinski definition) is 0. The molecule has 3 aromatic rings. The van der Waals surface area contributed by atoms with Gasteiger partial charge in [0.25, 0.3) is 5.91 Å². The van der Waals surface area contributed by atoms with Crippen molar-refractivity contribution in [1.82, 2.24) is 9.88 Å². The number of carbonyl (C=O) groups excluding carboxylic acids is 1. The molecule has 0 unspecified atom stereocenters. The monoisotopic (exact) mass is 439 g/mol. The van der Waals surface area contributed by atoms with E-state index in [1.807, 2.05) is 52.7 Å². The van der Waals surface area contributed by atoms with Crippen LogP contribution < -0.4 is 19.1 Å². The van der Waals surface area contributed by atoms with Crippen LogP contribution in [0.4, 0.5) is 5.69 Å². The fourth-order valence-electron chi connectivity index (χ4n) is 3.68. The third kappa shape index (κ3) is 4.29. The van der Waals surface area contributed by atoms with Crippen molar-refractivity contribution >= 4 is 22.9 Å². The van der Waals surface area contributed by atoms with Crippen LogP contribution in [-0.4, -0.2) is 63.3 Å². The molecule has 0 saturated carbocycles. The van der Waals surface area contributed by atoms with Gasteiger partial charge in [-0.2, -0.15) is 0 Å². The third-order valence-corrected chi connectivity index (χ3v) is 6.24. The zero-order valence-electron chi connectivity index (χ0n) is 17.8. The topological polar surface area (TPSA) is 64.1 Å². The Balaban J connectivity index is 1.44. The van der Waals surface area contributed by atoms with Crippen molar-refractivity contribution in [2.24, 2.45) is 0 Å². The molecule has 0 spiro atoms. The molecule has 2 aromatic carbocycles. The van der Waals surface area contributed by atoms with Crippen LogP contribution >= 0.6 is 11.3 Å². The molecule has 2 heterocycles. The van der Waals surface area contributed by atoms with Crippen molar-refractivity contribution in [3.63, 3.8) is 0 Å². The second-order valence-electron chi connectivity index (χ2n) is 7.06. The average molecular weight is 440 g/mol. The van der Waals surface area contributed by atoms with Crippen LogP contribution in [0.2, 0.25) is 0 Å². The zero-order valence-corrected chi connectivity index (χ0v) is 18.6. The highest BCUT2D eigenvalue weighted by Gasteiger charge is 2.25. The van der Waals surface area contributed by atoms with Gasteiger partial charge in [0.15, 0.2) is 11.5 Å². The average Bonchev–Trinajstić information content (AvgIpc) is 3.33. The molecule has 1 amide bonds. The van der Waals surface area contributed by atoms with Crippen LogP contribution in [0.25, 0.3) is 10.6 Å². The number of anilines is 1. The summed E-state index contributed by atoms with van der Waals surface area (Å²) >= 11 is 1.45. The summed E-state index contributed by atoms with van der Waals surface area (Å²) in [7, 11) is 4.88. The van der Waals surface area contributed by atoms with Gasteiger partial charge in [0, 0.05) is 37.1 Å². The van der Waals surface area contributed by atoms with Crippen molar-refractivity contribution in [1.29, 1.82) is 0 Å². The van der Waals surface area contributed by atoms with Crippen LogP contribution in [0.3, 0.4) is 0 Å². The number of carbonyl (C=O) groups is 1. The first-order chi connectivity index (χ1) is 15.1. The van der Waals surface area contributed by atoms with Crippen molar-refractivity contribution in [3.8, 4) is 27.8 Å². The normalized spacial score (nSPS) is 13.8. The highest BCUT2D eigenvalue weighted by molar-refractivity contribution is 7.13. The minimum absolute atomic E-state index is 0.0392. The second kappa shape index (κ2) is 9.26.